The van der Waals surface area contributed by atoms with Crippen LogP contribution >= 0.6 is 0 Å². The zero-order valence-electron chi connectivity index (χ0n) is 15.6. The Labute approximate surface area is 155 Å². The number of carbonyl (C=O) groups excluding carboxylic acids is 2. The second-order valence-electron chi connectivity index (χ2n) is 8.02. The lowest BCUT2D eigenvalue weighted by atomic mass is 10.0. The minimum absolute atomic E-state index is 0.00537. The third-order valence-electron chi connectivity index (χ3n) is 5.76. The van der Waals surface area contributed by atoms with Gasteiger partial charge in [-0.25, -0.2) is 13.1 Å². The first kappa shape index (κ1) is 19.6. The van der Waals surface area contributed by atoms with Crippen LogP contribution in [0.15, 0.2) is 0 Å². The van der Waals surface area contributed by atoms with Crippen molar-refractivity contribution in [2.45, 2.75) is 57.2 Å². The quantitative estimate of drug-likeness (QED) is 0.642. The fraction of sp³-hybridized carbons (Fsp3) is 0.882. The Morgan fingerprint density at radius 2 is 1.92 bits per heavy atom. The highest BCUT2D eigenvalue weighted by Gasteiger charge is 2.46. The second kappa shape index (κ2) is 7.82. The van der Waals surface area contributed by atoms with Gasteiger partial charge in [0, 0.05) is 45.2 Å². The molecule has 9 heteroatoms. The van der Waals surface area contributed by atoms with Gasteiger partial charge in [0.15, 0.2) is 0 Å². The zero-order chi connectivity index (χ0) is 18.9. The van der Waals surface area contributed by atoms with Crippen LogP contribution in [0.4, 0.5) is 0 Å². The molecule has 0 unspecified atom stereocenters. The van der Waals surface area contributed by atoms with E-state index >= 15 is 0 Å². The highest BCUT2D eigenvalue weighted by Crippen LogP contribution is 2.30. The lowest BCUT2D eigenvalue weighted by molar-refractivity contribution is -0.144. The van der Waals surface area contributed by atoms with Crippen LogP contribution in [0.5, 0.6) is 0 Å². The number of carbonyl (C=O) groups is 2. The molecule has 3 rings (SSSR count). The van der Waals surface area contributed by atoms with Gasteiger partial charge in [0.25, 0.3) is 0 Å². The summed E-state index contributed by atoms with van der Waals surface area (Å²) in [6.45, 7) is 3.80. The molecule has 2 N–H and O–H groups in total. The van der Waals surface area contributed by atoms with E-state index in [1.807, 2.05) is 0 Å². The molecule has 2 heterocycles. The molecule has 8 nitrogen and oxygen atoms in total. The van der Waals surface area contributed by atoms with Crippen LogP contribution in [0.25, 0.3) is 0 Å². The summed E-state index contributed by atoms with van der Waals surface area (Å²) < 4.78 is 25.7. The van der Waals surface area contributed by atoms with Crippen LogP contribution in [0.2, 0.25) is 0 Å². The van der Waals surface area contributed by atoms with E-state index in [4.69, 9.17) is 0 Å². The maximum Gasteiger partial charge on any atom is 0.242 e. The van der Waals surface area contributed by atoms with E-state index in [2.05, 4.69) is 14.9 Å². The normalized spacial score (nSPS) is 30.6. The molecule has 26 heavy (non-hydrogen) atoms. The van der Waals surface area contributed by atoms with Gasteiger partial charge < -0.3 is 10.2 Å². The maximum atomic E-state index is 13.1. The summed E-state index contributed by atoms with van der Waals surface area (Å²) in [6.07, 6.45) is 6.69. The van der Waals surface area contributed by atoms with Crippen LogP contribution in [0.3, 0.4) is 0 Å². The Hall–Kier alpha value is -1.19. The van der Waals surface area contributed by atoms with Gasteiger partial charge in [-0.3, -0.25) is 14.5 Å². The van der Waals surface area contributed by atoms with Gasteiger partial charge in [-0.2, -0.15) is 0 Å². The van der Waals surface area contributed by atoms with E-state index in [-0.39, 0.29) is 29.9 Å². The highest BCUT2D eigenvalue weighted by molar-refractivity contribution is 7.88. The molecule has 3 fully saturated rings. The molecule has 0 aromatic heterocycles. The van der Waals surface area contributed by atoms with Gasteiger partial charge in [-0.15, -0.1) is 0 Å². The van der Waals surface area contributed by atoms with Crippen molar-refractivity contribution in [2.24, 2.45) is 5.92 Å². The van der Waals surface area contributed by atoms with Crippen LogP contribution in [-0.2, 0) is 19.6 Å². The minimum atomic E-state index is -3.29. The van der Waals surface area contributed by atoms with Gasteiger partial charge in [0.1, 0.15) is 6.04 Å². The summed E-state index contributed by atoms with van der Waals surface area (Å²) in [4.78, 5) is 28.4. The number of rotatable bonds is 6. The molecule has 3 atom stereocenters. The van der Waals surface area contributed by atoms with Crippen molar-refractivity contribution >= 4 is 21.8 Å². The van der Waals surface area contributed by atoms with E-state index in [0.717, 1.165) is 19.3 Å². The number of nitrogens with zero attached hydrogens (tertiary/aromatic N) is 2. The van der Waals surface area contributed by atoms with Crippen LogP contribution in [0, 0.1) is 5.92 Å². The number of hydrogen-bond acceptors (Lipinski definition) is 5. The van der Waals surface area contributed by atoms with Crippen molar-refractivity contribution < 1.29 is 18.0 Å². The maximum absolute atomic E-state index is 13.1. The van der Waals surface area contributed by atoms with Crippen molar-refractivity contribution in [2.75, 3.05) is 32.4 Å². The number of piperazine rings is 1. The molecule has 0 bridgehead atoms. The van der Waals surface area contributed by atoms with E-state index < -0.39 is 10.0 Å². The lowest BCUT2D eigenvalue weighted by Gasteiger charge is -2.43. The predicted octanol–water partition coefficient (Wildman–Crippen LogP) is -0.484. The molecule has 0 aromatic rings. The van der Waals surface area contributed by atoms with Crippen molar-refractivity contribution in [1.82, 2.24) is 19.8 Å². The van der Waals surface area contributed by atoms with Crippen LogP contribution in [-0.4, -0.2) is 80.6 Å². The number of amides is 2. The molecule has 148 valence electrons. The fourth-order valence-electron chi connectivity index (χ4n) is 4.68. The van der Waals surface area contributed by atoms with Gasteiger partial charge in [0.2, 0.25) is 21.8 Å². The summed E-state index contributed by atoms with van der Waals surface area (Å²) in [5.74, 6) is 0.477. The molecular formula is C17H30N4O4S. The van der Waals surface area contributed by atoms with Gasteiger partial charge in [0.05, 0.1) is 6.26 Å². The molecule has 2 aliphatic heterocycles. The average Bonchev–Trinajstić information content (AvgIpc) is 3.14. The summed E-state index contributed by atoms with van der Waals surface area (Å²) >= 11 is 0. The number of sulfonamides is 1. The van der Waals surface area contributed by atoms with Gasteiger partial charge in [-0.1, -0.05) is 12.8 Å². The van der Waals surface area contributed by atoms with Crippen LogP contribution < -0.4 is 10.0 Å². The van der Waals surface area contributed by atoms with Crippen molar-refractivity contribution in [3.8, 4) is 0 Å². The Morgan fingerprint density at radius 3 is 2.54 bits per heavy atom. The Kier molecular flexibility index (Phi) is 5.88. The average molecular weight is 387 g/mol. The Balaban J connectivity index is 1.71. The van der Waals surface area contributed by atoms with Crippen molar-refractivity contribution in [3.63, 3.8) is 0 Å². The van der Waals surface area contributed by atoms with Crippen molar-refractivity contribution in [1.29, 1.82) is 0 Å². The largest absolute Gasteiger partial charge is 0.354 e. The molecule has 0 spiro atoms. The SMILES string of the molecule is CC(=O)NC[C@H]1C(=O)N2C[C@@H](NS(C)(=O)=O)C[C@H]2CN1CC1CCCC1. The fourth-order valence-corrected chi connectivity index (χ4v) is 5.45. The first-order valence-corrected chi connectivity index (χ1v) is 11.4. The number of hydrogen-bond donors (Lipinski definition) is 2. The van der Waals surface area contributed by atoms with E-state index in [9.17, 15) is 18.0 Å². The molecular weight excluding hydrogens is 356 g/mol. The van der Waals surface area contributed by atoms with E-state index in [1.54, 1.807) is 4.90 Å². The first-order chi connectivity index (χ1) is 12.2. The van der Waals surface area contributed by atoms with Crippen molar-refractivity contribution in [3.05, 3.63) is 0 Å². The number of fused-ring (bicyclic) bond motifs is 1. The summed E-state index contributed by atoms with van der Waals surface area (Å²) in [7, 11) is -3.29. The third-order valence-corrected chi connectivity index (χ3v) is 6.52. The third kappa shape index (κ3) is 4.75. The zero-order valence-corrected chi connectivity index (χ0v) is 16.4. The van der Waals surface area contributed by atoms with E-state index in [1.165, 1.54) is 32.6 Å². The molecule has 0 radical (unpaired) electrons. The smallest absolute Gasteiger partial charge is 0.242 e. The highest BCUT2D eigenvalue weighted by atomic mass is 32.2. The van der Waals surface area contributed by atoms with Gasteiger partial charge >= 0.3 is 0 Å². The molecule has 0 aromatic carbocycles. The molecule has 1 saturated carbocycles. The molecule has 1 aliphatic carbocycles. The number of nitrogens with one attached hydrogen (secondary N) is 2. The summed E-state index contributed by atoms with van der Waals surface area (Å²) in [5.41, 5.74) is 0. The Morgan fingerprint density at radius 1 is 1.23 bits per heavy atom. The lowest BCUT2D eigenvalue weighted by Crippen LogP contribution is -2.63. The Bertz CT molecular complexity index is 647. The monoisotopic (exact) mass is 386 g/mol. The molecule has 2 saturated heterocycles. The molecule has 3 aliphatic rings. The minimum Gasteiger partial charge on any atom is -0.354 e. The summed E-state index contributed by atoms with van der Waals surface area (Å²) in [6, 6.07) is -0.545. The van der Waals surface area contributed by atoms with E-state index in [0.29, 0.717) is 25.4 Å². The second-order valence-corrected chi connectivity index (χ2v) is 9.80. The topological polar surface area (TPSA) is 98.8 Å². The first-order valence-electron chi connectivity index (χ1n) is 9.49. The summed E-state index contributed by atoms with van der Waals surface area (Å²) in [5, 5.41) is 2.79. The standard InChI is InChI=1S/C17H30N4O4S/c1-12(22)18-8-16-17(23)21-10-14(19-26(2,24)25)7-15(21)11-20(16)9-13-5-3-4-6-13/h13-16,19H,3-11H2,1-2H3,(H,18,22)/t14-,15-,16-/m0/s1. The predicted molar refractivity (Wildman–Crippen MR) is 97.9 cm³/mol. The van der Waals surface area contributed by atoms with Gasteiger partial charge in [-0.05, 0) is 25.2 Å². The molecule has 2 amide bonds. The van der Waals surface area contributed by atoms with Crippen LogP contribution in [0.1, 0.15) is 39.0 Å².